The molecule has 0 fully saturated rings. The van der Waals surface area contributed by atoms with Crippen molar-refractivity contribution in [2.75, 3.05) is 20.0 Å². The van der Waals surface area contributed by atoms with Crippen LogP contribution in [0, 0.1) is 5.82 Å². The van der Waals surface area contributed by atoms with E-state index in [9.17, 15) is 4.39 Å². The highest BCUT2D eigenvalue weighted by Gasteiger charge is 2.17. The van der Waals surface area contributed by atoms with Gasteiger partial charge in [-0.25, -0.2) is 14.4 Å². The zero-order valence-corrected chi connectivity index (χ0v) is 9.98. The summed E-state index contributed by atoms with van der Waals surface area (Å²) in [5.74, 6) is 0.0116. The Hall–Kier alpha value is -2.37. The Morgan fingerprint density at radius 3 is 2.61 bits per heavy atom. The van der Waals surface area contributed by atoms with Gasteiger partial charge >= 0.3 is 0 Å². The molecule has 0 spiro atoms. The number of nitrogens with zero attached hydrogens (tertiary/aromatic N) is 2. The van der Waals surface area contributed by atoms with E-state index in [0.717, 1.165) is 0 Å². The summed E-state index contributed by atoms with van der Waals surface area (Å²) in [6.45, 7) is 0. The van der Waals surface area contributed by atoms with Crippen molar-refractivity contribution >= 4 is 5.82 Å². The van der Waals surface area contributed by atoms with E-state index in [2.05, 4.69) is 9.97 Å². The van der Waals surface area contributed by atoms with Crippen LogP contribution in [-0.4, -0.2) is 24.2 Å². The molecule has 0 aliphatic carbocycles. The topological polar surface area (TPSA) is 70.3 Å². The second-order valence-corrected chi connectivity index (χ2v) is 3.46. The second kappa shape index (κ2) is 4.87. The Balaban J connectivity index is 2.66. The molecule has 1 aromatic heterocycles. The Kier molecular flexibility index (Phi) is 3.27. The minimum Gasteiger partial charge on any atom is -0.494 e. The molecule has 1 heterocycles. The Morgan fingerprint density at radius 2 is 1.94 bits per heavy atom. The van der Waals surface area contributed by atoms with Crippen LogP contribution in [-0.2, 0) is 0 Å². The third kappa shape index (κ3) is 1.92. The normalized spacial score (nSPS) is 10.2. The monoisotopic (exact) mass is 249 g/mol. The van der Waals surface area contributed by atoms with Gasteiger partial charge in [-0.1, -0.05) is 6.07 Å². The van der Waals surface area contributed by atoms with Crippen LogP contribution in [0.5, 0.6) is 11.5 Å². The largest absolute Gasteiger partial charge is 0.494 e. The number of nitrogens with two attached hydrogens (primary N) is 1. The van der Waals surface area contributed by atoms with E-state index in [4.69, 9.17) is 15.2 Å². The Labute approximate surface area is 103 Å². The van der Waals surface area contributed by atoms with E-state index < -0.39 is 5.82 Å². The molecule has 0 aliphatic heterocycles. The summed E-state index contributed by atoms with van der Waals surface area (Å²) in [4.78, 5) is 7.80. The molecule has 18 heavy (non-hydrogen) atoms. The first kappa shape index (κ1) is 12.1. The van der Waals surface area contributed by atoms with E-state index in [-0.39, 0.29) is 22.9 Å². The molecule has 5 nitrogen and oxygen atoms in total. The highest BCUT2D eigenvalue weighted by Crippen LogP contribution is 2.35. The summed E-state index contributed by atoms with van der Waals surface area (Å²) in [6.07, 6.45) is 1.26. The average molecular weight is 249 g/mol. The van der Waals surface area contributed by atoms with Crippen LogP contribution in [0.4, 0.5) is 10.2 Å². The molecule has 2 N–H and O–H groups in total. The van der Waals surface area contributed by atoms with Crippen LogP contribution in [0.3, 0.4) is 0 Å². The molecule has 0 saturated heterocycles. The molecule has 0 bridgehead atoms. The number of hydrogen-bond acceptors (Lipinski definition) is 5. The number of aromatic nitrogens is 2. The zero-order chi connectivity index (χ0) is 13.1. The van der Waals surface area contributed by atoms with Gasteiger partial charge in [0, 0.05) is 5.56 Å². The maximum absolute atomic E-state index is 14.1. The molecule has 0 atom stereocenters. The van der Waals surface area contributed by atoms with Crippen molar-refractivity contribution in [2.45, 2.75) is 0 Å². The number of methoxy groups -OCH3 is 2. The van der Waals surface area contributed by atoms with E-state index >= 15 is 0 Å². The fourth-order valence-corrected chi connectivity index (χ4v) is 1.63. The van der Waals surface area contributed by atoms with Gasteiger partial charge in [0.05, 0.1) is 14.2 Å². The molecular formula is C12H12FN3O2. The molecule has 6 heteroatoms. The van der Waals surface area contributed by atoms with Crippen LogP contribution in [0.25, 0.3) is 11.3 Å². The molecule has 2 aromatic rings. The molecular weight excluding hydrogens is 237 g/mol. The fourth-order valence-electron chi connectivity index (χ4n) is 1.63. The molecule has 0 unspecified atom stereocenters. The Bertz CT molecular complexity index is 575. The SMILES string of the molecule is COc1cccc(-c2ncnc(N)c2OC)c1F. The predicted molar refractivity (Wildman–Crippen MR) is 64.9 cm³/mol. The van der Waals surface area contributed by atoms with Crippen LogP contribution < -0.4 is 15.2 Å². The molecule has 1 aromatic carbocycles. The standard InChI is InChI=1S/C12H12FN3O2/c1-17-8-5-3-4-7(9(8)13)10-11(18-2)12(14)16-6-15-10/h3-6H,1-2H3,(H2,14,15,16). The third-order valence-corrected chi connectivity index (χ3v) is 2.47. The van der Waals surface area contributed by atoms with Crippen molar-refractivity contribution in [2.24, 2.45) is 0 Å². The molecule has 0 radical (unpaired) electrons. The zero-order valence-electron chi connectivity index (χ0n) is 9.98. The van der Waals surface area contributed by atoms with Gasteiger partial charge in [0.2, 0.25) is 0 Å². The predicted octanol–water partition coefficient (Wildman–Crippen LogP) is 1.88. The van der Waals surface area contributed by atoms with Gasteiger partial charge in [0.1, 0.15) is 12.0 Å². The van der Waals surface area contributed by atoms with Gasteiger partial charge in [0.25, 0.3) is 0 Å². The number of rotatable bonds is 3. The quantitative estimate of drug-likeness (QED) is 0.899. The van der Waals surface area contributed by atoms with Gasteiger partial charge < -0.3 is 15.2 Å². The van der Waals surface area contributed by atoms with Crippen LogP contribution >= 0.6 is 0 Å². The summed E-state index contributed by atoms with van der Waals surface area (Å²) in [6, 6.07) is 4.76. The van der Waals surface area contributed by atoms with E-state index in [1.165, 1.54) is 26.6 Å². The van der Waals surface area contributed by atoms with Crippen molar-refractivity contribution in [3.63, 3.8) is 0 Å². The number of hydrogen-bond donors (Lipinski definition) is 1. The summed E-state index contributed by atoms with van der Waals surface area (Å²) >= 11 is 0. The number of halogens is 1. The lowest BCUT2D eigenvalue weighted by Gasteiger charge is -2.11. The van der Waals surface area contributed by atoms with Crippen molar-refractivity contribution < 1.29 is 13.9 Å². The molecule has 94 valence electrons. The number of ether oxygens (including phenoxy) is 2. The highest BCUT2D eigenvalue weighted by molar-refractivity contribution is 5.72. The average Bonchev–Trinajstić information content (AvgIpc) is 2.39. The second-order valence-electron chi connectivity index (χ2n) is 3.46. The smallest absolute Gasteiger partial charge is 0.187 e. The summed E-state index contributed by atoms with van der Waals surface area (Å²) < 4.78 is 24.1. The summed E-state index contributed by atoms with van der Waals surface area (Å²) in [5, 5.41) is 0. The lowest BCUT2D eigenvalue weighted by Crippen LogP contribution is -2.01. The van der Waals surface area contributed by atoms with Crippen LogP contribution in [0.1, 0.15) is 0 Å². The number of nitrogen functional groups attached to an aromatic ring is 1. The van der Waals surface area contributed by atoms with E-state index in [0.29, 0.717) is 5.69 Å². The van der Waals surface area contributed by atoms with Crippen LogP contribution in [0.15, 0.2) is 24.5 Å². The van der Waals surface area contributed by atoms with Gasteiger partial charge in [-0.15, -0.1) is 0 Å². The fraction of sp³-hybridized carbons (Fsp3) is 0.167. The van der Waals surface area contributed by atoms with Crippen LogP contribution in [0.2, 0.25) is 0 Å². The molecule has 0 amide bonds. The maximum atomic E-state index is 14.1. The van der Waals surface area contributed by atoms with Gasteiger partial charge in [0.15, 0.2) is 23.1 Å². The van der Waals surface area contributed by atoms with Gasteiger partial charge in [-0.05, 0) is 12.1 Å². The first-order valence-electron chi connectivity index (χ1n) is 5.16. The first-order chi connectivity index (χ1) is 8.69. The minimum absolute atomic E-state index is 0.131. The maximum Gasteiger partial charge on any atom is 0.187 e. The first-order valence-corrected chi connectivity index (χ1v) is 5.16. The van der Waals surface area contributed by atoms with Crippen molar-refractivity contribution in [1.29, 1.82) is 0 Å². The summed E-state index contributed by atoms with van der Waals surface area (Å²) in [7, 11) is 2.82. The van der Waals surface area contributed by atoms with E-state index in [1.807, 2.05) is 0 Å². The lowest BCUT2D eigenvalue weighted by molar-refractivity contribution is 0.386. The highest BCUT2D eigenvalue weighted by atomic mass is 19.1. The van der Waals surface area contributed by atoms with Crippen molar-refractivity contribution in [3.05, 3.63) is 30.3 Å². The molecule has 0 saturated carbocycles. The lowest BCUT2D eigenvalue weighted by atomic mass is 10.1. The van der Waals surface area contributed by atoms with Gasteiger partial charge in [-0.2, -0.15) is 0 Å². The minimum atomic E-state index is -0.517. The number of benzene rings is 1. The molecule has 2 rings (SSSR count). The molecule has 0 aliphatic rings. The van der Waals surface area contributed by atoms with Crippen molar-refractivity contribution in [1.82, 2.24) is 9.97 Å². The van der Waals surface area contributed by atoms with Crippen molar-refractivity contribution in [3.8, 4) is 22.8 Å². The number of anilines is 1. The summed E-state index contributed by atoms with van der Waals surface area (Å²) in [5.41, 5.74) is 6.20. The van der Waals surface area contributed by atoms with E-state index in [1.54, 1.807) is 12.1 Å². The third-order valence-electron chi connectivity index (χ3n) is 2.47. The Morgan fingerprint density at radius 1 is 1.17 bits per heavy atom. The van der Waals surface area contributed by atoms with Gasteiger partial charge in [-0.3, -0.25) is 0 Å².